The lowest BCUT2D eigenvalue weighted by molar-refractivity contribution is 0.0496. The van der Waals surface area contributed by atoms with E-state index in [0.29, 0.717) is 17.1 Å². The monoisotopic (exact) mass is 374 g/mol. The number of amides is 1. The summed E-state index contributed by atoms with van der Waals surface area (Å²) in [6, 6.07) is 5.62. The molecular formula is C20H27ClN4O. The van der Waals surface area contributed by atoms with Crippen LogP contribution < -0.4 is 15.5 Å². The van der Waals surface area contributed by atoms with E-state index in [1.165, 1.54) is 12.8 Å². The van der Waals surface area contributed by atoms with E-state index in [9.17, 15) is 4.79 Å². The van der Waals surface area contributed by atoms with Gasteiger partial charge in [0.1, 0.15) is 0 Å². The highest BCUT2D eigenvalue weighted by molar-refractivity contribution is 6.33. The summed E-state index contributed by atoms with van der Waals surface area (Å²) in [6.07, 6.45) is 8.81. The van der Waals surface area contributed by atoms with E-state index in [4.69, 9.17) is 11.6 Å². The van der Waals surface area contributed by atoms with Crippen molar-refractivity contribution in [3.05, 3.63) is 41.1 Å². The Morgan fingerprint density at radius 2 is 1.85 bits per heavy atom. The first-order chi connectivity index (χ1) is 12.7. The predicted molar refractivity (Wildman–Crippen MR) is 106 cm³/mol. The molecule has 1 amide bonds. The first kappa shape index (κ1) is 17.8. The molecule has 1 aromatic carbocycles. The summed E-state index contributed by atoms with van der Waals surface area (Å²) in [6.45, 7) is 5.52. The van der Waals surface area contributed by atoms with Crippen LogP contribution in [0, 0.1) is 5.41 Å². The lowest BCUT2D eigenvalue weighted by atomic mass is 9.71. The maximum Gasteiger partial charge on any atom is 0.253 e. The Hall–Kier alpha value is -1.56. The molecule has 1 spiro atoms. The first-order valence-corrected chi connectivity index (χ1v) is 9.98. The van der Waals surface area contributed by atoms with Crippen molar-refractivity contribution in [1.82, 2.24) is 15.5 Å². The Balaban J connectivity index is 1.46. The number of benzene rings is 1. The van der Waals surface area contributed by atoms with E-state index in [-0.39, 0.29) is 5.91 Å². The third kappa shape index (κ3) is 3.61. The molecule has 0 aliphatic carbocycles. The Morgan fingerprint density at radius 1 is 1.08 bits per heavy atom. The van der Waals surface area contributed by atoms with E-state index in [2.05, 4.69) is 16.7 Å². The maximum atomic E-state index is 13.0. The lowest BCUT2D eigenvalue weighted by Crippen LogP contribution is -2.47. The van der Waals surface area contributed by atoms with Crippen LogP contribution in [0.15, 0.2) is 30.5 Å². The fraction of sp³-hybridized carbons (Fsp3) is 0.550. The van der Waals surface area contributed by atoms with Crippen LogP contribution in [-0.2, 0) is 0 Å². The Bertz CT molecular complexity index is 689. The number of rotatable bonds is 2. The smallest absolute Gasteiger partial charge is 0.253 e. The molecule has 2 N–H and O–H groups in total. The van der Waals surface area contributed by atoms with Gasteiger partial charge in [0.25, 0.3) is 5.91 Å². The predicted octanol–water partition coefficient (Wildman–Crippen LogP) is 2.83. The summed E-state index contributed by atoms with van der Waals surface area (Å²) in [4.78, 5) is 17.1. The highest BCUT2D eigenvalue weighted by Gasteiger charge is 2.36. The molecule has 0 aromatic heterocycles. The molecule has 4 rings (SSSR count). The number of carbonyl (C=O) groups is 1. The van der Waals surface area contributed by atoms with Gasteiger partial charge in [-0.2, -0.15) is 0 Å². The zero-order chi connectivity index (χ0) is 18.0. The zero-order valence-electron chi connectivity index (χ0n) is 15.1. The van der Waals surface area contributed by atoms with Crippen LogP contribution in [0.25, 0.3) is 0 Å². The number of halogens is 1. The van der Waals surface area contributed by atoms with Crippen molar-refractivity contribution in [3.8, 4) is 0 Å². The highest BCUT2D eigenvalue weighted by Crippen LogP contribution is 2.40. The normalized spacial score (nSPS) is 22.7. The zero-order valence-corrected chi connectivity index (χ0v) is 15.9. The van der Waals surface area contributed by atoms with Crippen LogP contribution in [-0.4, -0.2) is 50.2 Å². The highest BCUT2D eigenvalue weighted by atomic mass is 35.5. The van der Waals surface area contributed by atoms with Gasteiger partial charge >= 0.3 is 0 Å². The summed E-state index contributed by atoms with van der Waals surface area (Å²) in [7, 11) is 0. The van der Waals surface area contributed by atoms with Crippen molar-refractivity contribution in [3.63, 3.8) is 0 Å². The van der Waals surface area contributed by atoms with E-state index in [1.807, 2.05) is 34.2 Å². The van der Waals surface area contributed by atoms with Gasteiger partial charge in [-0.1, -0.05) is 17.7 Å². The molecule has 0 atom stereocenters. The van der Waals surface area contributed by atoms with Gasteiger partial charge in [-0.25, -0.2) is 0 Å². The molecule has 3 aliphatic heterocycles. The second kappa shape index (κ2) is 7.59. The van der Waals surface area contributed by atoms with Crippen molar-refractivity contribution in [1.29, 1.82) is 0 Å². The van der Waals surface area contributed by atoms with E-state index in [1.54, 1.807) is 0 Å². The van der Waals surface area contributed by atoms with Crippen LogP contribution in [0.1, 0.15) is 36.0 Å². The molecular weight excluding hydrogens is 348 g/mol. The first-order valence-electron chi connectivity index (χ1n) is 9.61. The molecule has 6 heteroatoms. The quantitative estimate of drug-likeness (QED) is 0.835. The fourth-order valence-electron chi connectivity index (χ4n) is 4.36. The van der Waals surface area contributed by atoms with Crippen molar-refractivity contribution >= 4 is 23.2 Å². The topological polar surface area (TPSA) is 47.6 Å². The molecule has 0 bridgehead atoms. The molecule has 26 heavy (non-hydrogen) atoms. The van der Waals surface area contributed by atoms with Gasteiger partial charge in [-0.3, -0.25) is 10.1 Å². The minimum atomic E-state index is 0.126. The maximum absolute atomic E-state index is 13.0. The number of nitrogens with zero attached hydrogens (tertiary/aromatic N) is 2. The van der Waals surface area contributed by atoms with E-state index in [0.717, 1.165) is 56.8 Å². The Labute approximate surface area is 160 Å². The SMILES string of the molecule is O=C(c1ccc(Cl)c(N2C=CCNC2)c1)N1CCC2(CCNCC2)CC1. The third-order valence-electron chi connectivity index (χ3n) is 6.11. The van der Waals surface area contributed by atoms with E-state index < -0.39 is 0 Å². The van der Waals surface area contributed by atoms with Gasteiger partial charge in [0.15, 0.2) is 0 Å². The molecule has 2 saturated heterocycles. The lowest BCUT2D eigenvalue weighted by Gasteiger charge is -2.44. The van der Waals surface area contributed by atoms with Crippen LogP contribution in [0.4, 0.5) is 5.69 Å². The summed E-state index contributed by atoms with van der Waals surface area (Å²) in [5.74, 6) is 0.126. The molecule has 2 fully saturated rings. The largest absolute Gasteiger partial charge is 0.339 e. The second-order valence-electron chi connectivity index (χ2n) is 7.68. The molecule has 140 valence electrons. The van der Waals surface area contributed by atoms with Crippen LogP contribution in [0.2, 0.25) is 5.02 Å². The minimum Gasteiger partial charge on any atom is -0.339 e. The molecule has 5 nitrogen and oxygen atoms in total. The number of carbonyl (C=O) groups excluding carboxylic acids is 1. The molecule has 3 aliphatic rings. The number of anilines is 1. The third-order valence-corrected chi connectivity index (χ3v) is 6.43. The number of likely N-dealkylation sites (tertiary alicyclic amines) is 1. The van der Waals surface area contributed by atoms with Gasteiger partial charge in [0.2, 0.25) is 0 Å². The fourth-order valence-corrected chi connectivity index (χ4v) is 4.58. The van der Waals surface area contributed by atoms with Crippen LogP contribution >= 0.6 is 11.6 Å². The number of hydrogen-bond donors (Lipinski definition) is 2. The van der Waals surface area contributed by atoms with Gasteiger partial charge in [-0.15, -0.1) is 0 Å². The molecule has 3 heterocycles. The van der Waals surface area contributed by atoms with Gasteiger partial charge in [0.05, 0.1) is 17.4 Å². The average molecular weight is 375 g/mol. The summed E-state index contributed by atoms with van der Waals surface area (Å²) < 4.78 is 0. The summed E-state index contributed by atoms with van der Waals surface area (Å²) in [5.41, 5.74) is 2.06. The van der Waals surface area contributed by atoms with Crippen LogP contribution in [0.5, 0.6) is 0 Å². The van der Waals surface area contributed by atoms with Crippen molar-refractivity contribution in [2.75, 3.05) is 44.3 Å². The molecule has 1 aromatic rings. The second-order valence-corrected chi connectivity index (χ2v) is 8.08. The molecule has 0 saturated carbocycles. The summed E-state index contributed by atoms with van der Waals surface area (Å²) in [5, 5.41) is 7.40. The van der Waals surface area contributed by atoms with Gasteiger partial charge in [0, 0.05) is 31.4 Å². The average Bonchev–Trinajstić information content (AvgIpc) is 2.70. The molecule has 0 unspecified atom stereocenters. The van der Waals surface area contributed by atoms with Gasteiger partial charge < -0.3 is 15.1 Å². The van der Waals surface area contributed by atoms with Crippen molar-refractivity contribution in [2.45, 2.75) is 25.7 Å². The minimum absolute atomic E-state index is 0.126. The van der Waals surface area contributed by atoms with Crippen molar-refractivity contribution in [2.24, 2.45) is 5.41 Å². The van der Waals surface area contributed by atoms with Gasteiger partial charge in [-0.05, 0) is 62.4 Å². The Kier molecular flexibility index (Phi) is 5.20. The van der Waals surface area contributed by atoms with Crippen LogP contribution in [0.3, 0.4) is 0 Å². The standard InChI is InChI=1S/C20H27ClN4O/c21-17-3-2-16(14-18(17)25-11-1-8-23-15-25)19(26)24-12-6-20(7-13-24)4-9-22-10-5-20/h1-3,11,14,22-23H,4-10,12-13,15H2. The molecule has 0 radical (unpaired) electrons. The van der Waals surface area contributed by atoms with Crippen molar-refractivity contribution < 1.29 is 4.79 Å². The Morgan fingerprint density at radius 3 is 2.54 bits per heavy atom. The number of piperidine rings is 2. The summed E-state index contributed by atoms with van der Waals surface area (Å²) >= 11 is 6.38. The number of nitrogens with one attached hydrogen (secondary N) is 2. The van der Waals surface area contributed by atoms with E-state index >= 15 is 0 Å². The number of hydrogen-bond acceptors (Lipinski definition) is 4.